The number of halogens is 1. The average molecular weight is 598 g/mol. The minimum atomic E-state index is -0.373. The van der Waals surface area contributed by atoms with Crippen molar-refractivity contribution >= 4 is 34.9 Å². The summed E-state index contributed by atoms with van der Waals surface area (Å²) < 4.78 is 17.7. The number of benzene rings is 2. The van der Waals surface area contributed by atoms with Crippen LogP contribution < -0.4 is 15.0 Å². The van der Waals surface area contributed by atoms with Gasteiger partial charge in [0, 0.05) is 47.6 Å². The van der Waals surface area contributed by atoms with Crippen molar-refractivity contribution in [2.45, 2.75) is 19.4 Å². The molecule has 2 aromatic carbocycles. The lowest BCUT2D eigenvalue weighted by atomic mass is 9.90. The van der Waals surface area contributed by atoms with Gasteiger partial charge in [-0.2, -0.15) is 9.78 Å². The molecule has 0 amide bonds. The van der Waals surface area contributed by atoms with Crippen LogP contribution in [-0.4, -0.2) is 58.3 Å². The SMILES string of the molecule is COc1cc2c(cc1OC)C(c1ccnc(-n3nc(-c4cccnc4)c4ccccc4c3=O)c1)=NC(COC(C)=O)C2.Cl. The van der Waals surface area contributed by atoms with E-state index in [1.165, 1.54) is 11.6 Å². The van der Waals surface area contributed by atoms with Crippen LogP contribution in [0.2, 0.25) is 0 Å². The monoisotopic (exact) mass is 597 g/mol. The molecule has 0 saturated carbocycles. The Hall–Kier alpha value is -5.09. The molecule has 43 heavy (non-hydrogen) atoms. The van der Waals surface area contributed by atoms with Gasteiger partial charge in [-0.05, 0) is 54.4 Å². The molecule has 11 heteroatoms. The lowest BCUT2D eigenvalue weighted by molar-refractivity contribution is -0.141. The predicted molar refractivity (Wildman–Crippen MR) is 165 cm³/mol. The molecule has 0 fully saturated rings. The van der Waals surface area contributed by atoms with Gasteiger partial charge in [0.05, 0.1) is 31.4 Å². The first-order valence-corrected chi connectivity index (χ1v) is 13.3. The quantitative estimate of drug-likeness (QED) is 0.250. The van der Waals surface area contributed by atoms with Crippen LogP contribution in [0.1, 0.15) is 23.6 Å². The number of nitrogens with zero attached hydrogens (tertiary/aromatic N) is 5. The molecule has 1 aliphatic rings. The fraction of sp³-hybridized carbons (Fsp3) is 0.188. The molecule has 0 radical (unpaired) electrons. The summed E-state index contributed by atoms with van der Waals surface area (Å²) in [6, 6.07) is 18.2. The Bertz CT molecular complexity index is 1910. The van der Waals surface area contributed by atoms with E-state index in [0.717, 1.165) is 22.1 Å². The number of rotatable bonds is 7. The second-order valence-corrected chi connectivity index (χ2v) is 9.76. The van der Waals surface area contributed by atoms with Crippen LogP contribution in [0.3, 0.4) is 0 Å². The van der Waals surface area contributed by atoms with Gasteiger partial charge in [0.15, 0.2) is 17.3 Å². The highest BCUT2D eigenvalue weighted by atomic mass is 35.5. The lowest BCUT2D eigenvalue weighted by Crippen LogP contribution is -2.27. The van der Waals surface area contributed by atoms with Gasteiger partial charge in [-0.1, -0.05) is 18.2 Å². The maximum atomic E-state index is 13.7. The van der Waals surface area contributed by atoms with E-state index in [0.29, 0.717) is 46.1 Å². The van der Waals surface area contributed by atoms with Crippen LogP contribution >= 0.6 is 12.4 Å². The van der Waals surface area contributed by atoms with E-state index in [9.17, 15) is 9.59 Å². The Morgan fingerprint density at radius 2 is 1.72 bits per heavy atom. The summed E-state index contributed by atoms with van der Waals surface area (Å²) in [5.74, 6) is 1.11. The van der Waals surface area contributed by atoms with Gasteiger partial charge >= 0.3 is 5.97 Å². The number of hydrogen-bond donors (Lipinski definition) is 0. The summed E-state index contributed by atoms with van der Waals surface area (Å²) >= 11 is 0. The smallest absolute Gasteiger partial charge is 0.302 e. The van der Waals surface area contributed by atoms with E-state index in [1.54, 1.807) is 44.9 Å². The van der Waals surface area contributed by atoms with Gasteiger partial charge in [0.2, 0.25) is 0 Å². The number of aliphatic imine (C=N–C) groups is 1. The third-order valence-electron chi connectivity index (χ3n) is 7.09. The van der Waals surface area contributed by atoms with Crippen molar-refractivity contribution in [2.75, 3.05) is 20.8 Å². The first-order valence-electron chi connectivity index (χ1n) is 13.3. The van der Waals surface area contributed by atoms with E-state index in [2.05, 4.69) is 9.97 Å². The van der Waals surface area contributed by atoms with Crippen LogP contribution in [0, 0.1) is 0 Å². The molecule has 4 heterocycles. The maximum absolute atomic E-state index is 13.7. The number of hydrogen-bond acceptors (Lipinski definition) is 9. The molecule has 0 bridgehead atoms. The summed E-state index contributed by atoms with van der Waals surface area (Å²) in [4.78, 5) is 39.0. The van der Waals surface area contributed by atoms with Crippen LogP contribution in [0.5, 0.6) is 11.5 Å². The van der Waals surface area contributed by atoms with Crippen LogP contribution in [-0.2, 0) is 16.0 Å². The number of pyridine rings is 2. The van der Waals surface area contributed by atoms with E-state index in [4.69, 9.17) is 24.3 Å². The van der Waals surface area contributed by atoms with Crippen LogP contribution in [0.4, 0.5) is 0 Å². The minimum Gasteiger partial charge on any atom is -0.493 e. The van der Waals surface area contributed by atoms with Gasteiger partial charge in [0.25, 0.3) is 5.56 Å². The average Bonchev–Trinajstić information content (AvgIpc) is 3.03. The summed E-state index contributed by atoms with van der Waals surface area (Å²) in [5, 5.41) is 5.99. The highest BCUT2D eigenvalue weighted by Crippen LogP contribution is 2.35. The lowest BCUT2D eigenvalue weighted by Gasteiger charge is -2.25. The maximum Gasteiger partial charge on any atom is 0.302 e. The Morgan fingerprint density at radius 1 is 0.953 bits per heavy atom. The van der Waals surface area contributed by atoms with Gasteiger partial charge < -0.3 is 14.2 Å². The molecule has 0 N–H and O–H groups in total. The molecule has 10 nitrogen and oxygen atoms in total. The molecule has 218 valence electrons. The molecule has 0 saturated heterocycles. The molecule has 1 aliphatic heterocycles. The van der Waals surface area contributed by atoms with E-state index >= 15 is 0 Å². The molecule has 3 aromatic heterocycles. The molecular weight excluding hydrogens is 570 g/mol. The summed E-state index contributed by atoms with van der Waals surface area (Å²) in [5.41, 5.74) is 4.27. The number of ether oxygens (including phenoxy) is 3. The number of esters is 1. The Labute approximate surface area is 253 Å². The first kappa shape index (κ1) is 29.4. The third kappa shape index (κ3) is 5.69. The van der Waals surface area contributed by atoms with Crippen molar-refractivity contribution in [3.05, 3.63) is 106 Å². The van der Waals surface area contributed by atoms with Crippen molar-refractivity contribution in [1.82, 2.24) is 19.7 Å². The van der Waals surface area contributed by atoms with Crippen molar-refractivity contribution in [3.8, 4) is 28.6 Å². The Morgan fingerprint density at radius 3 is 2.44 bits per heavy atom. The van der Waals surface area contributed by atoms with Gasteiger partial charge in [-0.25, -0.2) is 4.98 Å². The Kier molecular flexibility index (Phi) is 8.49. The van der Waals surface area contributed by atoms with Crippen molar-refractivity contribution in [3.63, 3.8) is 0 Å². The fourth-order valence-corrected chi connectivity index (χ4v) is 5.14. The van der Waals surface area contributed by atoms with Crippen molar-refractivity contribution in [1.29, 1.82) is 0 Å². The minimum absolute atomic E-state index is 0. The molecular formula is C32H28ClN5O5. The second-order valence-electron chi connectivity index (χ2n) is 9.76. The largest absolute Gasteiger partial charge is 0.493 e. The van der Waals surface area contributed by atoms with E-state index in [-0.39, 0.29) is 36.6 Å². The van der Waals surface area contributed by atoms with Gasteiger partial charge in [0.1, 0.15) is 12.3 Å². The number of fused-ring (bicyclic) bond motifs is 2. The summed E-state index contributed by atoms with van der Waals surface area (Å²) in [6.07, 6.45) is 5.57. The number of carbonyl (C=O) groups excluding carboxylic acids is 1. The molecule has 0 spiro atoms. The van der Waals surface area contributed by atoms with Crippen molar-refractivity contribution in [2.24, 2.45) is 4.99 Å². The second kappa shape index (κ2) is 12.4. The highest BCUT2D eigenvalue weighted by molar-refractivity contribution is 6.15. The highest BCUT2D eigenvalue weighted by Gasteiger charge is 2.26. The van der Waals surface area contributed by atoms with Gasteiger partial charge in [-0.3, -0.25) is 19.6 Å². The van der Waals surface area contributed by atoms with Crippen LogP contribution in [0.25, 0.3) is 27.8 Å². The fourth-order valence-electron chi connectivity index (χ4n) is 5.14. The molecule has 1 atom stereocenters. The topological polar surface area (TPSA) is 118 Å². The Balaban J connectivity index is 0.00000368. The number of methoxy groups -OCH3 is 2. The summed E-state index contributed by atoms with van der Waals surface area (Å²) in [7, 11) is 3.16. The summed E-state index contributed by atoms with van der Waals surface area (Å²) in [6.45, 7) is 1.50. The zero-order valence-corrected chi connectivity index (χ0v) is 24.5. The standard InChI is InChI=1S/C32H27N5O5.ClH/c1-19(38)42-18-23-13-22-14-27(40-2)28(41-3)16-26(22)30(35-23)20-10-12-34-29(15-20)37-32(39)25-9-5-4-8-24(25)31(36-37)21-7-6-11-33-17-21;/h4-12,14-17,23H,13,18H2,1-3H3;1H. The normalized spacial score (nSPS) is 13.8. The molecule has 5 aromatic rings. The van der Waals surface area contributed by atoms with Crippen LogP contribution in [0.15, 0.2) is 89.0 Å². The third-order valence-corrected chi connectivity index (χ3v) is 7.09. The zero-order valence-electron chi connectivity index (χ0n) is 23.7. The van der Waals surface area contributed by atoms with E-state index < -0.39 is 0 Å². The number of aromatic nitrogens is 4. The van der Waals surface area contributed by atoms with Gasteiger partial charge in [-0.15, -0.1) is 12.4 Å². The molecule has 6 rings (SSSR count). The molecule has 0 aliphatic carbocycles. The van der Waals surface area contributed by atoms with E-state index in [1.807, 2.05) is 48.5 Å². The predicted octanol–water partition coefficient (Wildman–Crippen LogP) is 4.61. The molecule has 1 unspecified atom stereocenters. The zero-order chi connectivity index (χ0) is 29.2. The first-order chi connectivity index (χ1) is 20.5. The number of carbonyl (C=O) groups is 1. The van der Waals surface area contributed by atoms with Crippen molar-refractivity contribution < 1.29 is 19.0 Å².